The molecule has 0 fully saturated rings. The van der Waals surface area contributed by atoms with Gasteiger partial charge in [-0.3, -0.25) is 9.48 Å². The van der Waals surface area contributed by atoms with Crippen molar-refractivity contribution in [3.8, 4) is 0 Å². The van der Waals surface area contributed by atoms with Crippen LogP contribution in [0.4, 0.5) is 0 Å². The molecule has 1 heterocycles. The SMILES string of the molecule is CC(C)CC(N)C(=O)Cc1cnn(C)c1. The van der Waals surface area contributed by atoms with Gasteiger partial charge in [-0.25, -0.2) is 0 Å². The van der Waals surface area contributed by atoms with Crippen LogP contribution in [0.25, 0.3) is 0 Å². The summed E-state index contributed by atoms with van der Waals surface area (Å²) in [7, 11) is 1.84. The molecule has 1 aromatic heterocycles. The minimum atomic E-state index is -0.342. The number of carbonyl (C=O) groups is 1. The lowest BCUT2D eigenvalue weighted by molar-refractivity contribution is -0.120. The van der Waals surface area contributed by atoms with Gasteiger partial charge in [0.1, 0.15) is 0 Å². The fraction of sp³-hybridized carbons (Fsp3) is 0.636. The van der Waals surface area contributed by atoms with Crippen molar-refractivity contribution in [1.29, 1.82) is 0 Å². The summed E-state index contributed by atoms with van der Waals surface area (Å²) in [5.41, 5.74) is 6.73. The van der Waals surface area contributed by atoms with Crippen molar-refractivity contribution in [3.63, 3.8) is 0 Å². The molecule has 4 nitrogen and oxygen atoms in total. The minimum Gasteiger partial charge on any atom is -0.321 e. The van der Waals surface area contributed by atoms with Crippen LogP contribution in [-0.4, -0.2) is 21.6 Å². The Hall–Kier alpha value is -1.16. The third-order valence-corrected chi connectivity index (χ3v) is 2.28. The number of carbonyl (C=O) groups excluding carboxylic acids is 1. The van der Waals surface area contributed by atoms with Crippen molar-refractivity contribution in [2.24, 2.45) is 18.7 Å². The van der Waals surface area contributed by atoms with Crippen molar-refractivity contribution >= 4 is 5.78 Å². The maximum atomic E-state index is 11.7. The number of Topliss-reactive ketones (excluding diaryl/α,β-unsaturated/α-hetero) is 1. The molecule has 0 aliphatic carbocycles. The molecule has 0 saturated heterocycles. The number of hydrogen-bond donors (Lipinski definition) is 1. The van der Waals surface area contributed by atoms with Crippen LogP contribution < -0.4 is 5.73 Å². The second-order valence-corrected chi connectivity index (χ2v) is 4.40. The van der Waals surface area contributed by atoms with Gasteiger partial charge in [-0.1, -0.05) is 13.8 Å². The molecule has 0 amide bonds. The zero-order chi connectivity index (χ0) is 11.4. The standard InChI is InChI=1S/C11H19N3O/c1-8(2)4-10(12)11(15)5-9-6-13-14(3)7-9/h6-8,10H,4-5,12H2,1-3H3. The van der Waals surface area contributed by atoms with E-state index in [9.17, 15) is 4.79 Å². The quantitative estimate of drug-likeness (QED) is 0.784. The van der Waals surface area contributed by atoms with Crippen LogP contribution in [0.1, 0.15) is 25.8 Å². The Kier molecular flexibility index (Phi) is 4.03. The minimum absolute atomic E-state index is 0.0942. The fourth-order valence-electron chi connectivity index (χ4n) is 1.53. The molecule has 0 aromatic carbocycles. The number of aromatic nitrogens is 2. The van der Waals surface area contributed by atoms with E-state index in [0.29, 0.717) is 12.3 Å². The first-order chi connectivity index (χ1) is 6.99. The normalized spacial score (nSPS) is 13.1. The molecule has 0 saturated carbocycles. The number of ketones is 1. The number of hydrogen-bond acceptors (Lipinski definition) is 3. The maximum absolute atomic E-state index is 11.7. The van der Waals surface area contributed by atoms with Gasteiger partial charge in [0.05, 0.1) is 12.2 Å². The van der Waals surface area contributed by atoms with E-state index in [1.165, 1.54) is 0 Å². The highest BCUT2D eigenvalue weighted by Gasteiger charge is 2.15. The fourth-order valence-corrected chi connectivity index (χ4v) is 1.53. The Morgan fingerprint density at radius 3 is 2.73 bits per heavy atom. The molecule has 2 N–H and O–H groups in total. The van der Waals surface area contributed by atoms with Gasteiger partial charge in [-0.2, -0.15) is 5.10 Å². The largest absolute Gasteiger partial charge is 0.321 e. The monoisotopic (exact) mass is 209 g/mol. The van der Waals surface area contributed by atoms with Gasteiger partial charge in [0, 0.05) is 19.7 Å². The van der Waals surface area contributed by atoms with E-state index >= 15 is 0 Å². The van der Waals surface area contributed by atoms with E-state index in [1.807, 2.05) is 13.2 Å². The van der Waals surface area contributed by atoms with Gasteiger partial charge in [-0.05, 0) is 17.9 Å². The molecule has 0 spiro atoms. The summed E-state index contributed by atoms with van der Waals surface area (Å²) >= 11 is 0. The summed E-state index contributed by atoms with van der Waals surface area (Å²) in [6, 6.07) is -0.342. The molecule has 4 heteroatoms. The Labute approximate surface area is 90.5 Å². The first-order valence-electron chi connectivity index (χ1n) is 5.25. The molecule has 0 bridgehead atoms. The smallest absolute Gasteiger partial charge is 0.154 e. The van der Waals surface area contributed by atoms with Crippen molar-refractivity contribution in [1.82, 2.24) is 9.78 Å². The topological polar surface area (TPSA) is 60.9 Å². The highest BCUT2D eigenvalue weighted by Crippen LogP contribution is 2.07. The lowest BCUT2D eigenvalue weighted by Crippen LogP contribution is -2.33. The average molecular weight is 209 g/mol. The molecular weight excluding hydrogens is 190 g/mol. The van der Waals surface area contributed by atoms with E-state index in [2.05, 4.69) is 18.9 Å². The number of nitrogens with zero attached hydrogens (tertiary/aromatic N) is 2. The zero-order valence-electron chi connectivity index (χ0n) is 9.60. The molecule has 1 atom stereocenters. The highest BCUT2D eigenvalue weighted by molar-refractivity contribution is 5.85. The summed E-state index contributed by atoms with van der Waals surface area (Å²) in [5.74, 6) is 0.551. The van der Waals surface area contributed by atoms with Crippen molar-refractivity contribution < 1.29 is 4.79 Å². The first kappa shape index (κ1) is 11.9. The summed E-state index contributed by atoms with van der Waals surface area (Å²) in [6.07, 6.45) is 4.70. The molecule has 1 rings (SSSR count). The molecule has 1 aromatic rings. The summed E-state index contributed by atoms with van der Waals surface area (Å²) in [5, 5.41) is 4.01. The van der Waals surface area contributed by atoms with E-state index in [0.717, 1.165) is 12.0 Å². The second-order valence-electron chi connectivity index (χ2n) is 4.40. The van der Waals surface area contributed by atoms with E-state index in [1.54, 1.807) is 10.9 Å². The number of rotatable bonds is 5. The van der Waals surface area contributed by atoms with Crippen molar-refractivity contribution in [2.45, 2.75) is 32.7 Å². The van der Waals surface area contributed by atoms with Gasteiger partial charge in [0.25, 0.3) is 0 Å². The van der Waals surface area contributed by atoms with E-state index in [4.69, 9.17) is 5.73 Å². The molecule has 0 aliphatic rings. The van der Waals surface area contributed by atoms with Crippen LogP contribution in [0.3, 0.4) is 0 Å². The second kappa shape index (κ2) is 5.07. The molecular formula is C11H19N3O. The lowest BCUT2D eigenvalue weighted by Gasteiger charge is -2.11. The summed E-state index contributed by atoms with van der Waals surface area (Å²) in [6.45, 7) is 4.13. The Balaban J connectivity index is 2.48. The van der Waals surface area contributed by atoms with Crippen molar-refractivity contribution in [3.05, 3.63) is 18.0 Å². The van der Waals surface area contributed by atoms with Crippen LogP contribution >= 0.6 is 0 Å². The van der Waals surface area contributed by atoms with Gasteiger partial charge < -0.3 is 5.73 Å². The van der Waals surface area contributed by atoms with E-state index in [-0.39, 0.29) is 11.8 Å². The highest BCUT2D eigenvalue weighted by atomic mass is 16.1. The van der Waals surface area contributed by atoms with Crippen LogP contribution in [0, 0.1) is 5.92 Å². The average Bonchev–Trinajstić information content (AvgIpc) is 2.50. The van der Waals surface area contributed by atoms with Gasteiger partial charge in [0.2, 0.25) is 0 Å². The summed E-state index contributed by atoms with van der Waals surface area (Å²) in [4.78, 5) is 11.7. The van der Waals surface area contributed by atoms with Gasteiger partial charge >= 0.3 is 0 Å². The third-order valence-electron chi connectivity index (χ3n) is 2.28. The maximum Gasteiger partial charge on any atom is 0.154 e. The zero-order valence-corrected chi connectivity index (χ0v) is 9.60. The van der Waals surface area contributed by atoms with Gasteiger partial charge in [-0.15, -0.1) is 0 Å². The van der Waals surface area contributed by atoms with Crippen LogP contribution in [0.5, 0.6) is 0 Å². The Bertz CT molecular complexity index is 330. The molecule has 84 valence electrons. The third kappa shape index (κ3) is 3.83. The molecule has 15 heavy (non-hydrogen) atoms. The van der Waals surface area contributed by atoms with Crippen LogP contribution in [-0.2, 0) is 18.3 Å². The molecule has 0 aliphatic heterocycles. The van der Waals surface area contributed by atoms with Gasteiger partial charge in [0.15, 0.2) is 5.78 Å². The Morgan fingerprint density at radius 1 is 1.60 bits per heavy atom. The predicted octanol–water partition coefficient (Wildman–Crippen LogP) is 0.905. The Morgan fingerprint density at radius 2 is 2.27 bits per heavy atom. The lowest BCUT2D eigenvalue weighted by atomic mass is 9.98. The molecule has 1 unspecified atom stereocenters. The number of nitrogens with two attached hydrogens (primary N) is 1. The van der Waals surface area contributed by atoms with Crippen molar-refractivity contribution in [2.75, 3.05) is 0 Å². The first-order valence-corrected chi connectivity index (χ1v) is 5.25. The van der Waals surface area contributed by atoms with Crippen LogP contribution in [0.15, 0.2) is 12.4 Å². The molecule has 0 radical (unpaired) electrons. The predicted molar refractivity (Wildman–Crippen MR) is 59.3 cm³/mol. The summed E-state index contributed by atoms with van der Waals surface area (Å²) < 4.78 is 1.69. The number of aryl methyl sites for hydroxylation is 1. The van der Waals surface area contributed by atoms with E-state index < -0.39 is 0 Å². The van der Waals surface area contributed by atoms with Crippen LogP contribution in [0.2, 0.25) is 0 Å².